The second-order valence-corrected chi connectivity index (χ2v) is 5.01. The predicted molar refractivity (Wildman–Crippen MR) is 83.8 cm³/mol. The molecule has 3 rings (SSSR count). The van der Waals surface area contributed by atoms with Gasteiger partial charge in [0.1, 0.15) is 11.5 Å². The molecule has 0 radical (unpaired) electrons. The predicted octanol–water partition coefficient (Wildman–Crippen LogP) is 2.74. The maximum atomic E-state index is 5.84. The molecule has 0 aliphatic heterocycles. The summed E-state index contributed by atoms with van der Waals surface area (Å²) in [7, 11) is 0. The Morgan fingerprint density at radius 3 is 2.27 bits per heavy atom. The SMILES string of the molecule is NCCn1nnc(-c2ccc(Oc3ccc(Cl)cc3)cc2)n1. The summed E-state index contributed by atoms with van der Waals surface area (Å²) in [6.45, 7) is 1.02. The minimum Gasteiger partial charge on any atom is -0.457 e. The summed E-state index contributed by atoms with van der Waals surface area (Å²) < 4.78 is 5.73. The minimum atomic E-state index is 0.476. The first-order valence-electron chi connectivity index (χ1n) is 6.76. The molecule has 6 nitrogen and oxygen atoms in total. The number of hydrogen-bond acceptors (Lipinski definition) is 5. The van der Waals surface area contributed by atoms with Gasteiger partial charge in [-0.3, -0.25) is 0 Å². The van der Waals surface area contributed by atoms with E-state index in [0.717, 1.165) is 17.1 Å². The lowest BCUT2D eigenvalue weighted by Crippen LogP contribution is -2.12. The van der Waals surface area contributed by atoms with Gasteiger partial charge in [0, 0.05) is 17.1 Å². The Bertz CT molecular complexity index is 739. The monoisotopic (exact) mass is 315 g/mol. The third-order valence-electron chi connectivity index (χ3n) is 2.94. The highest BCUT2D eigenvalue weighted by atomic mass is 35.5. The molecule has 1 aromatic heterocycles. The molecule has 2 aromatic carbocycles. The summed E-state index contributed by atoms with van der Waals surface area (Å²) in [5.41, 5.74) is 6.32. The Morgan fingerprint density at radius 2 is 1.64 bits per heavy atom. The molecule has 0 saturated heterocycles. The molecule has 2 N–H and O–H groups in total. The zero-order valence-corrected chi connectivity index (χ0v) is 12.4. The molecule has 1 heterocycles. The van der Waals surface area contributed by atoms with Crippen molar-refractivity contribution in [2.24, 2.45) is 5.73 Å². The molecular formula is C15H14ClN5O. The topological polar surface area (TPSA) is 78.9 Å². The Hall–Kier alpha value is -2.44. The highest BCUT2D eigenvalue weighted by Gasteiger charge is 2.06. The maximum absolute atomic E-state index is 5.84. The van der Waals surface area contributed by atoms with Crippen molar-refractivity contribution in [1.82, 2.24) is 20.2 Å². The third-order valence-corrected chi connectivity index (χ3v) is 3.20. The molecule has 0 aliphatic rings. The van der Waals surface area contributed by atoms with Crippen LogP contribution in [0.2, 0.25) is 5.02 Å². The molecule has 0 unspecified atom stereocenters. The molecular weight excluding hydrogens is 302 g/mol. The van der Waals surface area contributed by atoms with Crippen LogP contribution in [0.15, 0.2) is 48.5 Å². The lowest BCUT2D eigenvalue weighted by Gasteiger charge is -2.05. The first-order chi connectivity index (χ1) is 10.7. The summed E-state index contributed by atoms with van der Waals surface area (Å²) in [5.74, 6) is 2.01. The lowest BCUT2D eigenvalue weighted by molar-refractivity contribution is 0.483. The van der Waals surface area contributed by atoms with Crippen LogP contribution in [0.25, 0.3) is 11.4 Å². The van der Waals surface area contributed by atoms with E-state index in [1.54, 1.807) is 12.1 Å². The number of benzene rings is 2. The summed E-state index contributed by atoms with van der Waals surface area (Å²) in [6, 6.07) is 14.7. The zero-order valence-electron chi connectivity index (χ0n) is 11.7. The highest BCUT2D eigenvalue weighted by molar-refractivity contribution is 6.30. The third kappa shape index (κ3) is 3.41. The summed E-state index contributed by atoms with van der Waals surface area (Å²) in [4.78, 5) is 1.48. The van der Waals surface area contributed by atoms with E-state index in [9.17, 15) is 0 Å². The fourth-order valence-corrected chi connectivity index (χ4v) is 2.01. The van der Waals surface area contributed by atoms with Crippen LogP contribution >= 0.6 is 11.6 Å². The molecule has 22 heavy (non-hydrogen) atoms. The van der Waals surface area contributed by atoms with E-state index in [0.29, 0.717) is 23.9 Å². The van der Waals surface area contributed by atoms with Crippen molar-refractivity contribution in [3.8, 4) is 22.9 Å². The molecule has 0 bridgehead atoms. The molecule has 0 saturated carbocycles. The number of hydrogen-bond donors (Lipinski definition) is 1. The van der Waals surface area contributed by atoms with Gasteiger partial charge in [-0.1, -0.05) is 11.6 Å². The number of halogens is 1. The molecule has 0 spiro atoms. The Labute approximate surface area is 132 Å². The summed E-state index contributed by atoms with van der Waals surface area (Å²) >= 11 is 5.84. The van der Waals surface area contributed by atoms with Crippen molar-refractivity contribution < 1.29 is 4.74 Å². The van der Waals surface area contributed by atoms with Gasteiger partial charge < -0.3 is 10.5 Å². The van der Waals surface area contributed by atoms with Gasteiger partial charge in [0.15, 0.2) is 0 Å². The van der Waals surface area contributed by atoms with Crippen molar-refractivity contribution in [1.29, 1.82) is 0 Å². The van der Waals surface area contributed by atoms with Crippen molar-refractivity contribution in [2.75, 3.05) is 6.54 Å². The largest absolute Gasteiger partial charge is 0.457 e. The molecule has 0 aliphatic carbocycles. The number of tetrazole rings is 1. The Kier molecular flexibility index (Phi) is 4.32. The van der Waals surface area contributed by atoms with Gasteiger partial charge in [-0.05, 0) is 53.7 Å². The Balaban J connectivity index is 1.72. The van der Waals surface area contributed by atoms with Crippen LogP contribution in [0.3, 0.4) is 0 Å². The number of aromatic nitrogens is 4. The molecule has 3 aromatic rings. The van der Waals surface area contributed by atoms with Crippen LogP contribution < -0.4 is 10.5 Å². The van der Waals surface area contributed by atoms with E-state index in [-0.39, 0.29) is 0 Å². The van der Waals surface area contributed by atoms with Crippen LogP contribution in [0.4, 0.5) is 0 Å². The fraction of sp³-hybridized carbons (Fsp3) is 0.133. The Morgan fingerprint density at radius 1 is 1.00 bits per heavy atom. The van der Waals surface area contributed by atoms with Crippen molar-refractivity contribution in [3.05, 3.63) is 53.6 Å². The van der Waals surface area contributed by atoms with Gasteiger partial charge in [0.05, 0.1) is 6.54 Å². The van der Waals surface area contributed by atoms with Crippen molar-refractivity contribution >= 4 is 11.6 Å². The molecule has 112 valence electrons. The zero-order chi connectivity index (χ0) is 15.4. The van der Waals surface area contributed by atoms with Crippen LogP contribution in [0, 0.1) is 0 Å². The van der Waals surface area contributed by atoms with E-state index in [4.69, 9.17) is 22.1 Å². The highest BCUT2D eigenvalue weighted by Crippen LogP contribution is 2.25. The normalized spacial score (nSPS) is 10.6. The van der Waals surface area contributed by atoms with Crippen LogP contribution in [-0.4, -0.2) is 26.8 Å². The van der Waals surface area contributed by atoms with Gasteiger partial charge in [0.2, 0.25) is 5.82 Å². The van der Waals surface area contributed by atoms with Gasteiger partial charge in [-0.15, -0.1) is 10.2 Å². The number of nitrogens with zero attached hydrogens (tertiary/aromatic N) is 4. The number of nitrogens with two attached hydrogens (primary N) is 1. The van der Waals surface area contributed by atoms with E-state index in [2.05, 4.69) is 15.4 Å². The molecule has 0 atom stereocenters. The second kappa shape index (κ2) is 6.55. The quantitative estimate of drug-likeness (QED) is 0.783. The molecule has 0 fully saturated rings. The van der Waals surface area contributed by atoms with Gasteiger partial charge in [-0.25, -0.2) is 0 Å². The fourth-order valence-electron chi connectivity index (χ4n) is 1.88. The summed E-state index contributed by atoms with van der Waals surface area (Å²) in [5, 5.41) is 12.9. The van der Waals surface area contributed by atoms with E-state index < -0.39 is 0 Å². The van der Waals surface area contributed by atoms with Crippen LogP contribution in [0.1, 0.15) is 0 Å². The van der Waals surface area contributed by atoms with Crippen LogP contribution in [-0.2, 0) is 6.54 Å². The van der Waals surface area contributed by atoms with Crippen molar-refractivity contribution in [2.45, 2.75) is 6.54 Å². The minimum absolute atomic E-state index is 0.476. The van der Waals surface area contributed by atoms with E-state index in [1.165, 1.54) is 4.80 Å². The number of ether oxygens (including phenoxy) is 1. The molecule has 0 amide bonds. The van der Waals surface area contributed by atoms with Gasteiger partial charge in [-0.2, -0.15) is 4.80 Å². The average Bonchev–Trinajstić information content (AvgIpc) is 2.99. The first kappa shape index (κ1) is 14.5. The maximum Gasteiger partial charge on any atom is 0.204 e. The van der Waals surface area contributed by atoms with E-state index in [1.807, 2.05) is 36.4 Å². The first-order valence-corrected chi connectivity index (χ1v) is 7.14. The number of rotatable bonds is 5. The van der Waals surface area contributed by atoms with Gasteiger partial charge in [0.25, 0.3) is 0 Å². The smallest absolute Gasteiger partial charge is 0.204 e. The standard InChI is InChI=1S/C15H14ClN5O/c16-12-3-7-14(8-4-12)22-13-5-1-11(2-6-13)15-18-20-21(19-15)10-9-17/h1-8H,9-10,17H2. The summed E-state index contributed by atoms with van der Waals surface area (Å²) in [6.07, 6.45) is 0. The van der Waals surface area contributed by atoms with E-state index >= 15 is 0 Å². The van der Waals surface area contributed by atoms with Gasteiger partial charge >= 0.3 is 0 Å². The lowest BCUT2D eigenvalue weighted by atomic mass is 10.2. The molecule has 7 heteroatoms. The second-order valence-electron chi connectivity index (χ2n) is 4.58. The van der Waals surface area contributed by atoms with Crippen molar-refractivity contribution in [3.63, 3.8) is 0 Å². The average molecular weight is 316 g/mol. The van der Waals surface area contributed by atoms with Crippen LogP contribution in [0.5, 0.6) is 11.5 Å².